The van der Waals surface area contributed by atoms with Crippen molar-refractivity contribution in [1.29, 1.82) is 0 Å². The zero-order valence-electron chi connectivity index (χ0n) is 15.7. The zero-order valence-corrected chi connectivity index (χ0v) is 16.5. The van der Waals surface area contributed by atoms with E-state index in [1.165, 1.54) is 31.7 Å². The molecule has 0 aromatic heterocycles. The van der Waals surface area contributed by atoms with Gasteiger partial charge in [-0.2, -0.15) is 0 Å². The summed E-state index contributed by atoms with van der Waals surface area (Å²) in [5.74, 6) is 0.529. The van der Waals surface area contributed by atoms with Gasteiger partial charge in [0.2, 0.25) is 15.9 Å². The normalized spacial score (nSPS) is 11.2. The highest BCUT2D eigenvalue weighted by molar-refractivity contribution is 7.89. The molecule has 6 nitrogen and oxygen atoms in total. The molecule has 1 N–H and O–H groups in total. The number of ether oxygens (including phenoxy) is 1. The number of nitrogens with one attached hydrogen (secondary N) is 1. The molecular formula is C20H26N2O4S. The van der Waals surface area contributed by atoms with Gasteiger partial charge in [0.25, 0.3) is 0 Å². The molecule has 0 saturated heterocycles. The van der Waals surface area contributed by atoms with Gasteiger partial charge in [-0.05, 0) is 42.7 Å². The van der Waals surface area contributed by atoms with Crippen LogP contribution in [0.5, 0.6) is 5.75 Å². The molecule has 0 atom stereocenters. The summed E-state index contributed by atoms with van der Waals surface area (Å²) in [5, 5.41) is 0. The van der Waals surface area contributed by atoms with E-state index in [9.17, 15) is 13.2 Å². The maximum absolute atomic E-state index is 12.3. The molecule has 0 unspecified atom stereocenters. The number of carbonyl (C=O) groups excluding carboxylic acids is 1. The van der Waals surface area contributed by atoms with Crippen LogP contribution in [-0.4, -0.2) is 46.0 Å². The SMILES string of the molecule is COc1ccc(S(=O)(=O)NCCN(CCCc2ccccc2)C(C)=O)cc1. The van der Waals surface area contributed by atoms with Crippen LogP contribution < -0.4 is 9.46 Å². The molecule has 1 amide bonds. The van der Waals surface area contributed by atoms with Gasteiger partial charge in [0.1, 0.15) is 5.75 Å². The van der Waals surface area contributed by atoms with Crippen LogP contribution in [0.25, 0.3) is 0 Å². The average Bonchev–Trinajstić information content (AvgIpc) is 2.67. The number of carbonyl (C=O) groups is 1. The van der Waals surface area contributed by atoms with Crippen molar-refractivity contribution >= 4 is 15.9 Å². The molecule has 0 heterocycles. The minimum Gasteiger partial charge on any atom is -0.497 e. The Kier molecular flexibility index (Phi) is 7.82. The number of rotatable bonds is 10. The lowest BCUT2D eigenvalue weighted by atomic mass is 10.1. The van der Waals surface area contributed by atoms with Crippen molar-refractivity contribution in [2.45, 2.75) is 24.7 Å². The van der Waals surface area contributed by atoms with Crippen molar-refractivity contribution in [3.63, 3.8) is 0 Å². The third kappa shape index (κ3) is 6.69. The number of amides is 1. The highest BCUT2D eigenvalue weighted by atomic mass is 32.2. The van der Waals surface area contributed by atoms with Crippen molar-refractivity contribution < 1.29 is 17.9 Å². The fourth-order valence-corrected chi connectivity index (χ4v) is 3.72. The summed E-state index contributed by atoms with van der Waals surface area (Å²) in [6.07, 6.45) is 1.71. The molecule has 0 aliphatic rings. The fourth-order valence-electron chi connectivity index (χ4n) is 2.70. The molecule has 0 spiro atoms. The van der Waals surface area contributed by atoms with Crippen LogP contribution >= 0.6 is 0 Å². The monoisotopic (exact) mass is 390 g/mol. The molecular weight excluding hydrogens is 364 g/mol. The Bertz CT molecular complexity index is 821. The summed E-state index contributed by atoms with van der Waals surface area (Å²) in [6.45, 7) is 2.59. The topological polar surface area (TPSA) is 75.7 Å². The van der Waals surface area contributed by atoms with E-state index in [4.69, 9.17) is 4.74 Å². The van der Waals surface area contributed by atoms with Gasteiger partial charge in [0.15, 0.2) is 0 Å². The van der Waals surface area contributed by atoms with E-state index in [0.29, 0.717) is 18.8 Å². The molecule has 2 aromatic rings. The Morgan fingerprint density at radius 2 is 1.70 bits per heavy atom. The lowest BCUT2D eigenvalue weighted by Gasteiger charge is -2.21. The van der Waals surface area contributed by atoms with E-state index in [-0.39, 0.29) is 17.3 Å². The summed E-state index contributed by atoms with van der Waals surface area (Å²) in [5.41, 5.74) is 1.22. The Hall–Kier alpha value is -2.38. The molecule has 146 valence electrons. The third-order valence-corrected chi connectivity index (χ3v) is 5.70. The summed E-state index contributed by atoms with van der Waals surface area (Å²) >= 11 is 0. The maximum atomic E-state index is 12.3. The minimum absolute atomic E-state index is 0.0632. The van der Waals surface area contributed by atoms with E-state index >= 15 is 0 Å². The number of benzene rings is 2. The molecule has 2 rings (SSSR count). The molecule has 0 bridgehead atoms. The van der Waals surface area contributed by atoms with Gasteiger partial charge in [0, 0.05) is 26.6 Å². The Morgan fingerprint density at radius 1 is 1.04 bits per heavy atom. The fraction of sp³-hybridized carbons (Fsp3) is 0.350. The second kappa shape index (κ2) is 10.1. The van der Waals surface area contributed by atoms with E-state index < -0.39 is 10.0 Å². The predicted molar refractivity (Wildman–Crippen MR) is 105 cm³/mol. The van der Waals surface area contributed by atoms with Gasteiger partial charge < -0.3 is 9.64 Å². The Morgan fingerprint density at radius 3 is 2.30 bits per heavy atom. The lowest BCUT2D eigenvalue weighted by molar-refractivity contribution is -0.128. The second-order valence-electron chi connectivity index (χ2n) is 6.17. The number of aryl methyl sites for hydroxylation is 1. The smallest absolute Gasteiger partial charge is 0.240 e. The lowest BCUT2D eigenvalue weighted by Crippen LogP contribution is -2.38. The van der Waals surface area contributed by atoms with E-state index in [1.54, 1.807) is 17.0 Å². The van der Waals surface area contributed by atoms with Gasteiger partial charge in [-0.15, -0.1) is 0 Å². The largest absolute Gasteiger partial charge is 0.497 e. The van der Waals surface area contributed by atoms with Gasteiger partial charge in [-0.1, -0.05) is 30.3 Å². The molecule has 0 aliphatic carbocycles. The quantitative estimate of drug-likeness (QED) is 0.676. The summed E-state index contributed by atoms with van der Waals surface area (Å²) in [6, 6.07) is 16.2. The minimum atomic E-state index is -3.61. The number of hydrogen-bond acceptors (Lipinski definition) is 4. The van der Waals surface area contributed by atoms with Crippen LogP contribution in [0, 0.1) is 0 Å². The highest BCUT2D eigenvalue weighted by Crippen LogP contribution is 2.15. The van der Waals surface area contributed by atoms with Crippen LogP contribution in [0.15, 0.2) is 59.5 Å². The Labute approximate surface area is 161 Å². The highest BCUT2D eigenvalue weighted by Gasteiger charge is 2.15. The van der Waals surface area contributed by atoms with Crippen LogP contribution in [0.3, 0.4) is 0 Å². The molecule has 0 fully saturated rings. The number of methoxy groups -OCH3 is 1. The molecule has 2 aromatic carbocycles. The van der Waals surface area contributed by atoms with Crippen LogP contribution in [-0.2, 0) is 21.2 Å². The van der Waals surface area contributed by atoms with Gasteiger partial charge in [-0.3, -0.25) is 4.79 Å². The molecule has 0 saturated carbocycles. The van der Waals surface area contributed by atoms with Gasteiger partial charge in [-0.25, -0.2) is 13.1 Å². The van der Waals surface area contributed by atoms with Crippen LogP contribution in [0.2, 0.25) is 0 Å². The first-order valence-corrected chi connectivity index (χ1v) is 10.3. The van der Waals surface area contributed by atoms with Crippen LogP contribution in [0.4, 0.5) is 0 Å². The van der Waals surface area contributed by atoms with Crippen molar-refractivity contribution in [3.05, 3.63) is 60.2 Å². The van der Waals surface area contributed by atoms with Crippen molar-refractivity contribution in [1.82, 2.24) is 9.62 Å². The summed E-state index contributed by atoms with van der Waals surface area (Å²) < 4.78 is 32.2. The standard InChI is InChI=1S/C20H26N2O4S/c1-17(23)22(15-6-9-18-7-4-3-5-8-18)16-14-21-27(24,25)20-12-10-19(26-2)11-13-20/h3-5,7-8,10-13,21H,6,9,14-16H2,1-2H3. The average molecular weight is 391 g/mol. The predicted octanol–water partition coefficient (Wildman–Crippen LogP) is 2.45. The first-order valence-electron chi connectivity index (χ1n) is 8.85. The third-order valence-electron chi connectivity index (χ3n) is 4.23. The molecule has 27 heavy (non-hydrogen) atoms. The molecule has 0 aliphatic heterocycles. The molecule has 7 heteroatoms. The van der Waals surface area contributed by atoms with Crippen molar-refractivity contribution in [2.75, 3.05) is 26.7 Å². The first-order chi connectivity index (χ1) is 12.9. The summed E-state index contributed by atoms with van der Waals surface area (Å²) in [7, 11) is -2.09. The number of hydrogen-bond donors (Lipinski definition) is 1. The number of sulfonamides is 1. The van der Waals surface area contributed by atoms with Gasteiger partial charge >= 0.3 is 0 Å². The summed E-state index contributed by atoms with van der Waals surface area (Å²) in [4.78, 5) is 13.7. The van der Waals surface area contributed by atoms with Crippen molar-refractivity contribution in [3.8, 4) is 5.75 Å². The first kappa shape index (κ1) is 20.9. The zero-order chi connectivity index (χ0) is 19.7. The van der Waals surface area contributed by atoms with E-state index in [0.717, 1.165) is 12.8 Å². The Balaban J connectivity index is 1.83. The van der Waals surface area contributed by atoms with Crippen LogP contribution in [0.1, 0.15) is 18.9 Å². The second-order valence-corrected chi connectivity index (χ2v) is 7.94. The molecule has 0 radical (unpaired) electrons. The number of nitrogens with zero attached hydrogens (tertiary/aromatic N) is 1. The van der Waals surface area contributed by atoms with E-state index in [1.807, 2.05) is 18.2 Å². The maximum Gasteiger partial charge on any atom is 0.240 e. The van der Waals surface area contributed by atoms with E-state index in [2.05, 4.69) is 16.9 Å². The van der Waals surface area contributed by atoms with Gasteiger partial charge in [0.05, 0.1) is 12.0 Å². The van der Waals surface area contributed by atoms with Crippen molar-refractivity contribution in [2.24, 2.45) is 0 Å².